The van der Waals surface area contributed by atoms with Crippen molar-refractivity contribution < 1.29 is 4.42 Å². The summed E-state index contributed by atoms with van der Waals surface area (Å²) in [7, 11) is 5.75. The van der Waals surface area contributed by atoms with E-state index in [1.807, 2.05) is 37.2 Å². The molecule has 0 saturated heterocycles. The van der Waals surface area contributed by atoms with Crippen LogP contribution in [0, 0.1) is 0 Å². The van der Waals surface area contributed by atoms with E-state index in [0.29, 0.717) is 24.9 Å². The zero-order valence-electron chi connectivity index (χ0n) is 18.1. The lowest BCUT2D eigenvalue weighted by Gasteiger charge is -2.16. The Morgan fingerprint density at radius 2 is 1.86 bits per heavy atom. The van der Waals surface area contributed by atoms with E-state index in [9.17, 15) is 0 Å². The number of nitrogens with one attached hydrogen (secondary N) is 2. The van der Waals surface area contributed by atoms with Gasteiger partial charge >= 0.3 is 0 Å². The molecule has 0 amide bonds. The molecule has 7 heteroatoms. The first-order valence-corrected chi connectivity index (χ1v) is 9.73. The smallest absolute Gasteiger partial charge is 0.213 e. The molecule has 0 spiro atoms. The van der Waals surface area contributed by atoms with Crippen LogP contribution in [-0.4, -0.2) is 37.1 Å². The number of aromatic nitrogens is 2. The average molecular weight is 395 g/mol. The lowest BCUT2D eigenvalue weighted by Crippen LogP contribution is -2.36. The number of rotatable bonds is 5. The lowest BCUT2D eigenvalue weighted by molar-refractivity contribution is 0.379. The molecular weight excluding hydrogens is 364 g/mol. The number of guanidine groups is 1. The second-order valence-electron chi connectivity index (χ2n) is 8.20. The molecule has 3 rings (SSSR count). The molecule has 154 valence electrons. The minimum absolute atomic E-state index is 0.0578. The van der Waals surface area contributed by atoms with E-state index < -0.39 is 0 Å². The fourth-order valence-electron chi connectivity index (χ4n) is 2.90. The van der Waals surface area contributed by atoms with Crippen LogP contribution in [0.3, 0.4) is 0 Å². The topological polar surface area (TPSA) is 78.6 Å². The normalized spacial score (nSPS) is 12.3. The first-order valence-electron chi connectivity index (χ1n) is 9.73. The van der Waals surface area contributed by atoms with Gasteiger partial charge in [-0.3, -0.25) is 4.99 Å². The summed E-state index contributed by atoms with van der Waals surface area (Å²) in [5, 5.41) is 7.77. The van der Waals surface area contributed by atoms with Gasteiger partial charge in [0.2, 0.25) is 5.89 Å². The molecule has 0 radical (unpaired) electrons. The third kappa shape index (κ3) is 5.04. The van der Waals surface area contributed by atoms with Crippen LogP contribution >= 0.6 is 0 Å². The highest BCUT2D eigenvalue weighted by atomic mass is 16.4. The molecule has 0 fully saturated rings. The maximum Gasteiger partial charge on any atom is 0.213 e. The molecule has 0 bridgehead atoms. The van der Waals surface area contributed by atoms with Crippen LogP contribution in [0.15, 0.2) is 45.9 Å². The van der Waals surface area contributed by atoms with Crippen molar-refractivity contribution in [1.82, 2.24) is 20.6 Å². The van der Waals surface area contributed by atoms with Gasteiger partial charge in [-0.2, -0.15) is 0 Å². The highest BCUT2D eigenvalue weighted by Gasteiger charge is 2.19. The summed E-state index contributed by atoms with van der Waals surface area (Å²) in [5.41, 5.74) is 2.08. The molecule has 2 heterocycles. The van der Waals surface area contributed by atoms with Crippen molar-refractivity contribution in [3.05, 3.63) is 53.7 Å². The van der Waals surface area contributed by atoms with Crippen LogP contribution in [0.4, 0.5) is 5.82 Å². The van der Waals surface area contributed by atoms with Gasteiger partial charge < -0.3 is 20.0 Å². The molecule has 0 atom stereocenters. The Balaban J connectivity index is 1.69. The number of hydrogen-bond donors (Lipinski definition) is 2. The maximum absolute atomic E-state index is 5.84. The molecule has 0 saturated carbocycles. The van der Waals surface area contributed by atoms with Crippen molar-refractivity contribution in [2.24, 2.45) is 4.99 Å². The Hall–Kier alpha value is -3.09. The fourth-order valence-corrected chi connectivity index (χ4v) is 2.90. The number of benzene rings is 1. The summed E-state index contributed by atoms with van der Waals surface area (Å²) in [6, 6.07) is 10.3. The predicted molar refractivity (Wildman–Crippen MR) is 118 cm³/mol. The van der Waals surface area contributed by atoms with Gasteiger partial charge in [0.1, 0.15) is 11.6 Å². The summed E-state index contributed by atoms with van der Waals surface area (Å²) >= 11 is 0. The molecule has 2 N–H and O–H groups in total. The molecular formula is C22H30N6O. The van der Waals surface area contributed by atoms with Gasteiger partial charge in [0.25, 0.3) is 0 Å². The number of anilines is 1. The molecule has 29 heavy (non-hydrogen) atoms. The molecule has 0 aliphatic heterocycles. The zero-order chi connectivity index (χ0) is 21.0. The van der Waals surface area contributed by atoms with Gasteiger partial charge in [0.05, 0.1) is 18.3 Å². The van der Waals surface area contributed by atoms with Gasteiger partial charge in [0.15, 0.2) is 5.96 Å². The molecule has 1 aromatic carbocycles. The van der Waals surface area contributed by atoms with Crippen molar-refractivity contribution in [2.45, 2.75) is 39.3 Å². The Kier molecular flexibility index (Phi) is 6.06. The number of pyridine rings is 1. The van der Waals surface area contributed by atoms with Crippen molar-refractivity contribution in [2.75, 3.05) is 26.0 Å². The third-order valence-electron chi connectivity index (χ3n) is 4.62. The number of oxazole rings is 1. The van der Waals surface area contributed by atoms with E-state index in [2.05, 4.69) is 53.5 Å². The molecule has 7 nitrogen and oxygen atoms in total. The Morgan fingerprint density at radius 1 is 1.14 bits per heavy atom. The van der Waals surface area contributed by atoms with Gasteiger partial charge in [0, 0.05) is 38.5 Å². The maximum atomic E-state index is 5.84. The van der Waals surface area contributed by atoms with Crippen LogP contribution in [-0.2, 0) is 18.5 Å². The molecule has 0 aliphatic carbocycles. The van der Waals surface area contributed by atoms with Gasteiger partial charge in [-0.25, -0.2) is 9.97 Å². The lowest BCUT2D eigenvalue weighted by atomic mass is 9.94. The van der Waals surface area contributed by atoms with E-state index in [0.717, 1.165) is 28.0 Å². The minimum atomic E-state index is -0.0578. The number of nitrogens with zero attached hydrogens (tertiary/aromatic N) is 4. The number of aliphatic imine (C=N–C) groups is 1. The molecule has 0 aliphatic rings. The first-order chi connectivity index (χ1) is 13.8. The van der Waals surface area contributed by atoms with E-state index >= 15 is 0 Å². The highest BCUT2D eigenvalue weighted by Crippen LogP contribution is 2.23. The Bertz CT molecular complexity index is 1000. The van der Waals surface area contributed by atoms with E-state index in [1.54, 1.807) is 13.2 Å². The molecule has 3 aromatic rings. The van der Waals surface area contributed by atoms with Crippen LogP contribution in [0.25, 0.3) is 10.9 Å². The predicted octanol–water partition coefficient (Wildman–Crippen LogP) is 3.45. The SMILES string of the molecule is CN=C(NCc1ncc(C(C)(C)C)o1)NCc1cc(N(C)C)nc2ccccc12. The van der Waals surface area contributed by atoms with Crippen LogP contribution in [0.2, 0.25) is 0 Å². The van der Waals surface area contributed by atoms with E-state index in [4.69, 9.17) is 9.40 Å². The summed E-state index contributed by atoms with van der Waals surface area (Å²) in [4.78, 5) is 15.4. The van der Waals surface area contributed by atoms with Gasteiger partial charge in [-0.15, -0.1) is 0 Å². The van der Waals surface area contributed by atoms with E-state index in [1.165, 1.54) is 0 Å². The van der Waals surface area contributed by atoms with Crippen LogP contribution in [0.5, 0.6) is 0 Å². The quantitative estimate of drug-likeness (QED) is 0.510. The minimum Gasteiger partial charge on any atom is -0.443 e. The standard InChI is InChI=1S/C22H30N6O/c1-22(2,3)18-13-24-20(29-18)14-26-21(23-4)25-12-15-11-19(28(5)6)27-17-10-8-7-9-16(15)17/h7-11,13H,12,14H2,1-6H3,(H2,23,25,26). The summed E-state index contributed by atoms with van der Waals surface area (Å²) in [5.74, 6) is 3.13. The van der Waals surface area contributed by atoms with Crippen molar-refractivity contribution in [3.8, 4) is 0 Å². The van der Waals surface area contributed by atoms with Gasteiger partial charge in [-0.05, 0) is 17.7 Å². The largest absolute Gasteiger partial charge is 0.443 e. The Labute approximate surface area is 172 Å². The summed E-state index contributed by atoms with van der Waals surface area (Å²) in [6.07, 6.45) is 1.79. The molecule has 2 aromatic heterocycles. The van der Waals surface area contributed by atoms with Crippen molar-refractivity contribution in [3.63, 3.8) is 0 Å². The average Bonchev–Trinajstić information content (AvgIpc) is 3.17. The number of para-hydroxylation sites is 1. The second-order valence-corrected chi connectivity index (χ2v) is 8.20. The monoisotopic (exact) mass is 394 g/mol. The van der Waals surface area contributed by atoms with Crippen molar-refractivity contribution >= 4 is 22.7 Å². The van der Waals surface area contributed by atoms with Crippen LogP contribution < -0.4 is 15.5 Å². The molecule has 0 unspecified atom stereocenters. The fraction of sp³-hybridized carbons (Fsp3) is 0.409. The van der Waals surface area contributed by atoms with E-state index in [-0.39, 0.29) is 5.41 Å². The second kappa shape index (κ2) is 8.51. The zero-order valence-corrected chi connectivity index (χ0v) is 18.1. The first kappa shape index (κ1) is 20.6. The number of fused-ring (bicyclic) bond motifs is 1. The third-order valence-corrected chi connectivity index (χ3v) is 4.62. The number of hydrogen-bond acceptors (Lipinski definition) is 5. The van der Waals surface area contributed by atoms with Crippen molar-refractivity contribution in [1.29, 1.82) is 0 Å². The summed E-state index contributed by atoms with van der Waals surface area (Å²) < 4.78 is 5.84. The highest BCUT2D eigenvalue weighted by molar-refractivity contribution is 5.85. The Morgan fingerprint density at radius 3 is 2.52 bits per heavy atom. The van der Waals surface area contributed by atoms with Gasteiger partial charge in [-0.1, -0.05) is 39.0 Å². The summed E-state index contributed by atoms with van der Waals surface area (Å²) in [6.45, 7) is 7.41. The van der Waals surface area contributed by atoms with Crippen LogP contribution in [0.1, 0.15) is 38.0 Å².